The lowest BCUT2D eigenvalue weighted by atomic mass is 9.88. The van der Waals surface area contributed by atoms with Crippen molar-refractivity contribution in [2.24, 2.45) is 21.7 Å². The number of ether oxygens (including phenoxy) is 12. The smallest absolute Gasteiger partial charge is 0.330 e. The van der Waals surface area contributed by atoms with Gasteiger partial charge in [-0.2, -0.15) is 0 Å². The van der Waals surface area contributed by atoms with E-state index in [-0.39, 0.29) is 137 Å². The fraction of sp³-hybridized carbons (Fsp3) is 0.541. The van der Waals surface area contributed by atoms with Gasteiger partial charge in [0.25, 0.3) is 0 Å². The molecular weight excluding hydrogens is 1140 g/mol. The standard InChI is InChI=1S/C61H86N2O24/c1-13-46(64)76-33-58(21-9,34-77-47(65)14-2)41-84-54(72)25-29-62(30-26-55(73)85-42-59(22-10,35-78-48(66)15-3)36-79-49(67)16-4)45-63(31-27-56(74)86-43-60(23-11,37-80-50(68)17-5)38-81-51(69)18-6)32-28-57(75)87-44-61(24-12,39-82-52(70)19-7)40-83-53(71)20-8/h13-20H,1-8,21-45H2,9-12H3. The molecule has 0 unspecified atom stereocenters. The second-order valence-electron chi connectivity index (χ2n) is 19.9. The quantitative estimate of drug-likeness (QED) is 0.0345. The maximum atomic E-state index is 13.7. The SMILES string of the molecule is C=CC(=O)OCC(CC)(COC(=O)C=C)COC(=O)CCN(CCC(=O)OCC(CC)(COC(=O)C=C)COC(=O)C=C)CN(CCC(=O)OCC(CC)(COC(=O)C=C)COC(=O)C=C)CCC(=O)OCC(CC)(COC(=O)C=C)COC(=O)C=C. The molecule has 0 saturated carbocycles. The first-order chi connectivity index (χ1) is 41.3. The van der Waals surface area contributed by atoms with Crippen molar-refractivity contribution < 1.29 is 114 Å². The van der Waals surface area contributed by atoms with E-state index in [9.17, 15) is 57.5 Å². The van der Waals surface area contributed by atoms with E-state index in [0.717, 1.165) is 48.6 Å². The Morgan fingerprint density at radius 1 is 0.264 bits per heavy atom. The number of carbonyl (C=O) groups excluding carboxylic acids is 12. The number of hydrogen-bond acceptors (Lipinski definition) is 26. The van der Waals surface area contributed by atoms with Gasteiger partial charge >= 0.3 is 71.6 Å². The molecule has 0 heterocycles. The summed E-state index contributed by atoms with van der Waals surface area (Å²) in [6, 6.07) is 0. The largest absolute Gasteiger partial charge is 0.465 e. The molecule has 0 aliphatic heterocycles. The number of esters is 12. The van der Waals surface area contributed by atoms with Crippen LogP contribution in [0.2, 0.25) is 0 Å². The highest BCUT2D eigenvalue weighted by molar-refractivity contribution is 5.84. The van der Waals surface area contributed by atoms with Gasteiger partial charge in [-0.15, -0.1) is 0 Å². The Morgan fingerprint density at radius 3 is 0.529 bits per heavy atom. The number of carbonyl (C=O) groups is 12. The summed E-state index contributed by atoms with van der Waals surface area (Å²) < 4.78 is 64.9. The predicted molar refractivity (Wildman–Crippen MR) is 310 cm³/mol. The maximum Gasteiger partial charge on any atom is 0.330 e. The first kappa shape index (κ1) is 78.5. The highest BCUT2D eigenvalue weighted by atomic mass is 16.6. The Kier molecular flexibility index (Phi) is 38.9. The van der Waals surface area contributed by atoms with Crippen molar-refractivity contribution in [2.75, 3.05) is 112 Å². The van der Waals surface area contributed by atoms with Gasteiger partial charge in [-0.05, 0) is 25.7 Å². The lowest BCUT2D eigenvalue weighted by Crippen LogP contribution is -2.43. The summed E-state index contributed by atoms with van der Waals surface area (Å²) in [5.74, 6) is -9.51. The number of nitrogens with zero attached hydrogens (tertiary/aromatic N) is 2. The summed E-state index contributed by atoms with van der Waals surface area (Å²) in [4.78, 5) is 155. The van der Waals surface area contributed by atoms with Crippen molar-refractivity contribution in [3.05, 3.63) is 101 Å². The summed E-state index contributed by atoms with van der Waals surface area (Å²) in [6.07, 6.45) is 6.67. The molecule has 0 amide bonds. The molecule has 0 bridgehead atoms. The van der Waals surface area contributed by atoms with Crippen LogP contribution in [0.25, 0.3) is 0 Å². The van der Waals surface area contributed by atoms with Crippen LogP contribution in [0.15, 0.2) is 101 Å². The zero-order valence-electron chi connectivity index (χ0n) is 50.6. The number of hydrogen-bond donors (Lipinski definition) is 0. The van der Waals surface area contributed by atoms with E-state index in [1.807, 2.05) is 0 Å². The third kappa shape index (κ3) is 33.1. The molecule has 26 nitrogen and oxygen atoms in total. The Bertz CT molecular complexity index is 1990. The molecule has 0 rings (SSSR count). The van der Waals surface area contributed by atoms with E-state index in [2.05, 4.69) is 52.6 Å². The van der Waals surface area contributed by atoms with Crippen LogP contribution in [0.4, 0.5) is 0 Å². The van der Waals surface area contributed by atoms with Gasteiger partial charge in [-0.1, -0.05) is 80.3 Å². The van der Waals surface area contributed by atoms with Crippen LogP contribution in [0.1, 0.15) is 79.1 Å². The average molecular weight is 1230 g/mol. The van der Waals surface area contributed by atoms with Crippen LogP contribution in [0.5, 0.6) is 0 Å². The van der Waals surface area contributed by atoms with E-state index in [1.165, 1.54) is 0 Å². The van der Waals surface area contributed by atoms with Crippen LogP contribution in [-0.2, 0) is 114 Å². The summed E-state index contributed by atoms with van der Waals surface area (Å²) in [5.41, 5.74) is -4.87. The maximum absolute atomic E-state index is 13.7. The van der Waals surface area contributed by atoms with Gasteiger partial charge in [0.2, 0.25) is 0 Å². The summed E-state index contributed by atoms with van der Waals surface area (Å²) in [5, 5.41) is 0. The topological polar surface area (TPSA) is 322 Å². The van der Waals surface area contributed by atoms with Crippen molar-refractivity contribution in [3.63, 3.8) is 0 Å². The molecule has 0 radical (unpaired) electrons. The highest BCUT2D eigenvalue weighted by Gasteiger charge is 2.38. The lowest BCUT2D eigenvalue weighted by molar-refractivity contribution is -0.161. The minimum absolute atomic E-state index is 0.167. The van der Waals surface area contributed by atoms with Gasteiger partial charge in [-0.25, -0.2) is 38.4 Å². The monoisotopic (exact) mass is 1230 g/mol. The van der Waals surface area contributed by atoms with Crippen molar-refractivity contribution in [3.8, 4) is 0 Å². The second-order valence-corrected chi connectivity index (χ2v) is 19.9. The van der Waals surface area contributed by atoms with Gasteiger partial charge in [0.05, 0.1) is 54.0 Å². The van der Waals surface area contributed by atoms with Gasteiger partial charge in [-0.3, -0.25) is 29.0 Å². The summed E-state index contributed by atoms with van der Waals surface area (Å²) in [6.45, 7) is 28.6. The summed E-state index contributed by atoms with van der Waals surface area (Å²) in [7, 11) is 0. The number of rotatable bonds is 50. The van der Waals surface area contributed by atoms with Crippen molar-refractivity contribution >= 4 is 71.6 Å². The van der Waals surface area contributed by atoms with Gasteiger partial charge in [0.15, 0.2) is 0 Å². The minimum Gasteiger partial charge on any atom is -0.465 e. The van der Waals surface area contributed by atoms with Gasteiger partial charge in [0, 0.05) is 74.8 Å². The van der Waals surface area contributed by atoms with Crippen LogP contribution in [0.3, 0.4) is 0 Å². The molecule has 0 aromatic heterocycles. The van der Waals surface area contributed by atoms with E-state index < -0.39 is 120 Å². The highest BCUT2D eigenvalue weighted by Crippen LogP contribution is 2.28. The van der Waals surface area contributed by atoms with Crippen molar-refractivity contribution in [1.29, 1.82) is 0 Å². The molecule has 0 aliphatic rings. The van der Waals surface area contributed by atoms with Crippen LogP contribution in [0, 0.1) is 21.7 Å². The molecular formula is C61H86N2O24. The second kappa shape index (κ2) is 43.2. The molecule has 0 fully saturated rings. The molecule has 484 valence electrons. The van der Waals surface area contributed by atoms with Gasteiger partial charge < -0.3 is 56.8 Å². The Hall–Kier alpha value is -8.52. The first-order valence-corrected chi connectivity index (χ1v) is 27.7. The van der Waals surface area contributed by atoms with E-state index in [1.54, 1.807) is 37.5 Å². The molecule has 87 heavy (non-hydrogen) atoms. The third-order valence-electron chi connectivity index (χ3n) is 13.6. The lowest BCUT2D eigenvalue weighted by Gasteiger charge is -2.32. The van der Waals surface area contributed by atoms with E-state index in [4.69, 9.17) is 56.8 Å². The molecule has 0 atom stereocenters. The van der Waals surface area contributed by atoms with Crippen molar-refractivity contribution in [1.82, 2.24) is 9.80 Å². The van der Waals surface area contributed by atoms with E-state index >= 15 is 0 Å². The van der Waals surface area contributed by atoms with Crippen LogP contribution in [-0.4, -0.2) is 194 Å². The molecule has 0 N–H and O–H groups in total. The van der Waals surface area contributed by atoms with Crippen molar-refractivity contribution in [2.45, 2.75) is 79.1 Å². The Balaban J connectivity index is 7.37. The zero-order valence-corrected chi connectivity index (χ0v) is 50.6. The molecule has 0 spiro atoms. The Labute approximate surface area is 508 Å². The fourth-order valence-electron chi connectivity index (χ4n) is 7.00. The molecule has 26 heteroatoms. The van der Waals surface area contributed by atoms with Crippen LogP contribution < -0.4 is 0 Å². The van der Waals surface area contributed by atoms with E-state index in [0.29, 0.717) is 0 Å². The molecule has 0 aromatic carbocycles. The zero-order chi connectivity index (χ0) is 65.9. The molecule has 0 aromatic rings. The average Bonchev–Trinajstić information content (AvgIpc) is 3.65. The molecule has 0 saturated heterocycles. The third-order valence-corrected chi connectivity index (χ3v) is 13.6. The minimum atomic E-state index is -1.22. The normalized spacial score (nSPS) is 11.2. The molecule has 0 aliphatic carbocycles. The summed E-state index contributed by atoms with van der Waals surface area (Å²) >= 11 is 0. The first-order valence-electron chi connectivity index (χ1n) is 27.7. The predicted octanol–water partition coefficient (Wildman–Crippen LogP) is 4.70. The van der Waals surface area contributed by atoms with Crippen LogP contribution >= 0.6 is 0 Å². The fourth-order valence-corrected chi connectivity index (χ4v) is 7.00. The van der Waals surface area contributed by atoms with Gasteiger partial charge in [0.1, 0.15) is 79.3 Å². The Morgan fingerprint density at radius 2 is 0.402 bits per heavy atom.